The maximum absolute atomic E-state index is 13.2. The fourth-order valence-corrected chi connectivity index (χ4v) is 6.00. The van der Waals surface area contributed by atoms with Crippen molar-refractivity contribution in [3.8, 4) is 5.75 Å². The second-order valence-corrected chi connectivity index (χ2v) is 10.9. The van der Waals surface area contributed by atoms with Crippen LogP contribution in [0.2, 0.25) is 0 Å². The van der Waals surface area contributed by atoms with Crippen molar-refractivity contribution in [3.63, 3.8) is 0 Å². The fourth-order valence-electron chi connectivity index (χ4n) is 5.73. The third-order valence-electron chi connectivity index (χ3n) is 7.64. The zero-order valence-corrected chi connectivity index (χ0v) is 22.6. The third kappa shape index (κ3) is 4.56. The number of ketones is 1. The van der Waals surface area contributed by atoms with Gasteiger partial charge in [-0.05, 0) is 78.9 Å². The minimum Gasteiger partial charge on any atom is -0.454 e. The number of imide groups is 1. The second-order valence-electron chi connectivity index (χ2n) is 9.95. The van der Waals surface area contributed by atoms with Gasteiger partial charge in [0, 0.05) is 10.0 Å². The average Bonchev–Trinajstić information content (AvgIpc) is 3.65. The molecule has 8 nitrogen and oxygen atoms in total. The molecule has 0 spiro atoms. The lowest BCUT2D eigenvalue weighted by atomic mass is 9.85. The summed E-state index contributed by atoms with van der Waals surface area (Å²) in [5, 5.41) is 0. The number of fused-ring (bicyclic) bond motifs is 5. The first-order valence-electron chi connectivity index (χ1n) is 12.7. The molecular formula is C31H22BrNO7. The van der Waals surface area contributed by atoms with E-state index < -0.39 is 36.2 Å². The lowest BCUT2D eigenvalue weighted by Crippen LogP contribution is -2.34. The number of carbonyl (C=O) groups excluding carboxylic acids is 5. The number of rotatable bonds is 7. The summed E-state index contributed by atoms with van der Waals surface area (Å²) in [5.41, 5.74) is 0.832. The summed E-state index contributed by atoms with van der Waals surface area (Å²) in [6, 6.07) is 18.9. The molecule has 0 radical (unpaired) electrons. The Kier molecular flexibility index (Phi) is 6.67. The SMILES string of the molecule is O=C(COC(=O)c1ccccc1N1C(=O)C2C3C=CC(C3)C2C1=O)c1ccc(OC(=O)c2ccc(Br)cc2)cc1. The highest BCUT2D eigenvalue weighted by molar-refractivity contribution is 9.10. The summed E-state index contributed by atoms with van der Waals surface area (Å²) in [6.07, 6.45) is 4.82. The number of allylic oxidation sites excluding steroid dienone is 2. The summed E-state index contributed by atoms with van der Waals surface area (Å²) in [4.78, 5) is 65.6. The molecule has 6 rings (SSSR count). The first kappa shape index (κ1) is 25.9. The van der Waals surface area contributed by atoms with Crippen molar-refractivity contribution < 1.29 is 33.4 Å². The minimum absolute atomic E-state index is 0.0347. The van der Waals surface area contributed by atoms with Crippen LogP contribution in [0.25, 0.3) is 0 Å². The highest BCUT2D eigenvalue weighted by Crippen LogP contribution is 2.53. The normalized spacial score (nSPS) is 22.4. The number of Topliss-reactive ketones (excluding diaryl/α,β-unsaturated/α-hetero) is 1. The van der Waals surface area contributed by atoms with Crippen LogP contribution < -0.4 is 9.64 Å². The first-order chi connectivity index (χ1) is 19.3. The summed E-state index contributed by atoms with van der Waals surface area (Å²) in [6.45, 7) is -0.549. The number of halogens is 1. The molecule has 2 aliphatic carbocycles. The van der Waals surface area contributed by atoms with Crippen LogP contribution in [0, 0.1) is 23.7 Å². The van der Waals surface area contributed by atoms with Gasteiger partial charge in [-0.2, -0.15) is 0 Å². The van der Waals surface area contributed by atoms with Crippen molar-refractivity contribution in [1.82, 2.24) is 0 Å². The van der Waals surface area contributed by atoms with Gasteiger partial charge in [-0.3, -0.25) is 14.4 Å². The van der Waals surface area contributed by atoms with Crippen molar-refractivity contribution in [2.45, 2.75) is 6.42 Å². The van der Waals surface area contributed by atoms with Crippen LogP contribution in [0.15, 0.2) is 89.4 Å². The van der Waals surface area contributed by atoms with Gasteiger partial charge in [-0.25, -0.2) is 14.5 Å². The predicted molar refractivity (Wildman–Crippen MR) is 147 cm³/mol. The fraction of sp³-hybridized carbons (Fsp3) is 0.194. The second kappa shape index (κ2) is 10.3. The quantitative estimate of drug-likeness (QED) is 0.123. The Morgan fingerprint density at radius 2 is 1.38 bits per heavy atom. The molecule has 2 bridgehead atoms. The monoisotopic (exact) mass is 599 g/mol. The summed E-state index contributed by atoms with van der Waals surface area (Å²) in [5.74, 6) is -2.88. The molecule has 2 amide bonds. The van der Waals surface area contributed by atoms with Crippen LogP contribution in [-0.4, -0.2) is 36.1 Å². The number of hydrogen-bond acceptors (Lipinski definition) is 7. The van der Waals surface area contributed by atoms with Gasteiger partial charge in [-0.1, -0.05) is 40.2 Å². The Balaban J connectivity index is 1.10. The molecular weight excluding hydrogens is 578 g/mol. The molecule has 4 atom stereocenters. The molecule has 40 heavy (non-hydrogen) atoms. The molecule has 1 saturated carbocycles. The summed E-state index contributed by atoms with van der Waals surface area (Å²) < 4.78 is 11.5. The number of amides is 2. The topological polar surface area (TPSA) is 107 Å². The lowest BCUT2D eigenvalue weighted by Gasteiger charge is -2.19. The maximum atomic E-state index is 13.2. The van der Waals surface area contributed by atoms with E-state index in [2.05, 4.69) is 15.9 Å². The van der Waals surface area contributed by atoms with Gasteiger partial charge in [-0.15, -0.1) is 0 Å². The maximum Gasteiger partial charge on any atom is 0.343 e. The van der Waals surface area contributed by atoms with Crippen LogP contribution in [0.3, 0.4) is 0 Å². The summed E-state index contributed by atoms with van der Waals surface area (Å²) >= 11 is 3.31. The Morgan fingerprint density at radius 3 is 2.02 bits per heavy atom. The first-order valence-corrected chi connectivity index (χ1v) is 13.5. The number of para-hydroxylation sites is 1. The number of nitrogens with zero attached hydrogens (tertiary/aromatic N) is 1. The van der Waals surface area contributed by atoms with E-state index in [-0.39, 0.29) is 46.2 Å². The molecule has 2 fully saturated rings. The number of esters is 2. The van der Waals surface area contributed by atoms with Gasteiger partial charge in [0.2, 0.25) is 11.8 Å². The van der Waals surface area contributed by atoms with E-state index in [1.807, 2.05) is 12.2 Å². The van der Waals surface area contributed by atoms with E-state index in [9.17, 15) is 24.0 Å². The van der Waals surface area contributed by atoms with E-state index in [0.717, 1.165) is 15.8 Å². The standard InChI is InChI=1S/C31H22BrNO7/c32-21-11-7-18(8-12-21)30(37)40-22-13-9-17(10-14-22)25(34)16-39-31(38)23-3-1-2-4-24(23)33-28(35)26-19-5-6-20(15-19)27(26)29(33)36/h1-14,19-20,26-27H,15-16H2. The van der Waals surface area contributed by atoms with Gasteiger partial charge in [0.05, 0.1) is 28.7 Å². The Bertz CT molecular complexity index is 1550. The molecule has 0 aromatic heterocycles. The minimum atomic E-state index is -0.817. The van der Waals surface area contributed by atoms with Gasteiger partial charge in [0.15, 0.2) is 12.4 Å². The largest absolute Gasteiger partial charge is 0.454 e. The van der Waals surface area contributed by atoms with Crippen LogP contribution >= 0.6 is 15.9 Å². The number of ether oxygens (including phenoxy) is 2. The Morgan fingerprint density at radius 1 is 0.775 bits per heavy atom. The van der Waals surface area contributed by atoms with Crippen LogP contribution in [0.5, 0.6) is 5.75 Å². The van der Waals surface area contributed by atoms with Crippen molar-refractivity contribution in [2.24, 2.45) is 23.7 Å². The van der Waals surface area contributed by atoms with Gasteiger partial charge in [0.25, 0.3) is 0 Å². The van der Waals surface area contributed by atoms with Crippen LogP contribution in [0.1, 0.15) is 37.5 Å². The number of benzene rings is 3. The van der Waals surface area contributed by atoms with Crippen molar-refractivity contribution in [1.29, 1.82) is 0 Å². The molecule has 1 heterocycles. The van der Waals surface area contributed by atoms with E-state index >= 15 is 0 Å². The number of hydrogen-bond donors (Lipinski definition) is 0. The molecule has 3 aliphatic rings. The van der Waals surface area contributed by atoms with E-state index in [0.29, 0.717) is 5.56 Å². The predicted octanol–water partition coefficient (Wildman–Crippen LogP) is 5.02. The zero-order valence-electron chi connectivity index (χ0n) is 21.0. The molecule has 1 saturated heterocycles. The van der Waals surface area contributed by atoms with Crippen LogP contribution in [0.4, 0.5) is 5.69 Å². The van der Waals surface area contributed by atoms with Gasteiger partial charge >= 0.3 is 11.9 Å². The van der Waals surface area contributed by atoms with E-state index in [1.165, 1.54) is 30.3 Å². The molecule has 4 unspecified atom stereocenters. The van der Waals surface area contributed by atoms with Gasteiger partial charge in [0.1, 0.15) is 5.75 Å². The Hall–Kier alpha value is -4.37. The highest BCUT2D eigenvalue weighted by atomic mass is 79.9. The van der Waals surface area contributed by atoms with Crippen LogP contribution in [-0.2, 0) is 14.3 Å². The van der Waals surface area contributed by atoms with Crippen molar-refractivity contribution in [3.05, 3.63) is 106 Å². The molecule has 3 aromatic carbocycles. The average molecular weight is 600 g/mol. The van der Waals surface area contributed by atoms with E-state index in [4.69, 9.17) is 9.47 Å². The number of carbonyl (C=O) groups is 5. The van der Waals surface area contributed by atoms with E-state index in [1.54, 1.807) is 42.5 Å². The molecule has 200 valence electrons. The molecule has 1 aliphatic heterocycles. The zero-order chi connectivity index (χ0) is 28.0. The lowest BCUT2D eigenvalue weighted by molar-refractivity contribution is -0.123. The van der Waals surface area contributed by atoms with Crippen molar-refractivity contribution >= 4 is 51.2 Å². The Labute approximate surface area is 237 Å². The summed E-state index contributed by atoms with van der Waals surface area (Å²) in [7, 11) is 0. The molecule has 3 aromatic rings. The molecule has 9 heteroatoms. The number of anilines is 1. The molecule has 0 N–H and O–H groups in total. The van der Waals surface area contributed by atoms with Crippen molar-refractivity contribution in [2.75, 3.05) is 11.5 Å². The third-order valence-corrected chi connectivity index (χ3v) is 8.16. The highest BCUT2D eigenvalue weighted by Gasteiger charge is 2.59. The van der Waals surface area contributed by atoms with Gasteiger partial charge < -0.3 is 9.47 Å². The smallest absolute Gasteiger partial charge is 0.343 e.